The summed E-state index contributed by atoms with van der Waals surface area (Å²) in [5.74, 6) is -1.82. The topological polar surface area (TPSA) is 123 Å². The van der Waals surface area contributed by atoms with Crippen molar-refractivity contribution >= 4 is 18.0 Å². The van der Waals surface area contributed by atoms with Crippen molar-refractivity contribution in [1.82, 2.24) is 10.6 Å². The van der Waals surface area contributed by atoms with E-state index in [2.05, 4.69) is 10.6 Å². The number of carboxylic acids is 1. The molecule has 2 aliphatic rings. The zero-order chi connectivity index (χ0) is 23.4. The Morgan fingerprint density at radius 2 is 1.73 bits per heavy atom. The van der Waals surface area contributed by atoms with Gasteiger partial charge in [-0.25, -0.2) is 9.59 Å². The van der Waals surface area contributed by atoms with E-state index in [1.165, 1.54) is 7.11 Å². The summed E-state index contributed by atoms with van der Waals surface area (Å²) >= 11 is 0. The second-order valence-corrected chi connectivity index (χ2v) is 8.01. The van der Waals surface area contributed by atoms with E-state index < -0.39 is 36.2 Å². The number of carboxylic acid groups (broad SMARTS) is 1. The van der Waals surface area contributed by atoms with Gasteiger partial charge in [0.2, 0.25) is 5.91 Å². The number of rotatable bonds is 8. The van der Waals surface area contributed by atoms with Crippen LogP contribution in [0.5, 0.6) is 0 Å². The largest absolute Gasteiger partial charge is 0.479 e. The Bertz CT molecular complexity index is 995. The van der Waals surface area contributed by atoms with Crippen LogP contribution in [0.15, 0.2) is 48.5 Å². The number of benzene rings is 2. The molecule has 174 valence electrons. The molecule has 2 amide bonds. The van der Waals surface area contributed by atoms with Crippen LogP contribution in [-0.4, -0.2) is 68.2 Å². The summed E-state index contributed by atoms with van der Waals surface area (Å²) in [6, 6.07) is 14.3. The van der Waals surface area contributed by atoms with Gasteiger partial charge < -0.3 is 30.0 Å². The number of alkyl carbamates (subject to hydrolysis) is 1. The molecule has 1 unspecified atom stereocenters. The number of methoxy groups -OCH3 is 1. The average molecular weight is 454 g/mol. The molecule has 0 radical (unpaired) electrons. The number of carbonyl (C=O) groups is 3. The van der Waals surface area contributed by atoms with Gasteiger partial charge in [-0.3, -0.25) is 4.79 Å². The second kappa shape index (κ2) is 10.0. The lowest BCUT2D eigenvalue weighted by Gasteiger charge is -2.22. The van der Waals surface area contributed by atoms with Crippen LogP contribution >= 0.6 is 0 Å². The van der Waals surface area contributed by atoms with Crippen molar-refractivity contribution in [2.24, 2.45) is 0 Å². The van der Waals surface area contributed by atoms with Crippen LogP contribution in [0, 0.1) is 0 Å². The van der Waals surface area contributed by atoms with Gasteiger partial charge in [0.1, 0.15) is 12.6 Å². The highest BCUT2D eigenvalue weighted by Gasteiger charge is 2.37. The maximum Gasteiger partial charge on any atom is 0.407 e. The third-order valence-electron chi connectivity index (χ3n) is 5.95. The third-order valence-corrected chi connectivity index (χ3v) is 5.95. The molecule has 1 aliphatic heterocycles. The van der Waals surface area contributed by atoms with Gasteiger partial charge in [0.15, 0.2) is 6.10 Å². The first-order valence-electron chi connectivity index (χ1n) is 10.7. The molecule has 2 aromatic carbocycles. The van der Waals surface area contributed by atoms with E-state index in [9.17, 15) is 19.5 Å². The first-order valence-corrected chi connectivity index (χ1v) is 10.7. The van der Waals surface area contributed by atoms with Crippen molar-refractivity contribution in [2.75, 3.05) is 26.9 Å². The lowest BCUT2D eigenvalue weighted by Crippen LogP contribution is -2.54. The van der Waals surface area contributed by atoms with E-state index in [-0.39, 0.29) is 25.7 Å². The van der Waals surface area contributed by atoms with Gasteiger partial charge in [-0.15, -0.1) is 0 Å². The molecule has 1 fully saturated rings. The van der Waals surface area contributed by atoms with Gasteiger partial charge >= 0.3 is 12.1 Å². The summed E-state index contributed by atoms with van der Waals surface area (Å²) in [7, 11) is 1.40. The molecule has 4 rings (SSSR count). The summed E-state index contributed by atoms with van der Waals surface area (Å²) in [4.78, 5) is 36.5. The van der Waals surface area contributed by atoms with E-state index in [1.54, 1.807) is 0 Å². The van der Waals surface area contributed by atoms with Gasteiger partial charge in [-0.05, 0) is 28.7 Å². The molecule has 3 N–H and O–H groups in total. The van der Waals surface area contributed by atoms with Crippen molar-refractivity contribution in [3.63, 3.8) is 0 Å². The minimum Gasteiger partial charge on any atom is -0.479 e. The molecule has 9 nitrogen and oxygen atoms in total. The predicted molar refractivity (Wildman–Crippen MR) is 118 cm³/mol. The minimum atomic E-state index is -1.15. The zero-order valence-electron chi connectivity index (χ0n) is 18.2. The molecule has 3 atom stereocenters. The van der Waals surface area contributed by atoms with Gasteiger partial charge in [0.25, 0.3) is 0 Å². The quantitative estimate of drug-likeness (QED) is 0.557. The maximum atomic E-state index is 12.7. The van der Waals surface area contributed by atoms with Crippen molar-refractivity contribution < 1.29 is 33.7 Å². The minimum absolute atomic E-state index is 0.0959. The Labute approximate surface area is 191 Å². The molecule has 9 heteroatoms. The Hall–Kier alpha value is -3.43. The lowest BCUT2D eigenvalue weighted by molar-refractivity contribution is -0.148. The number of amides is 2. The molecule has 1 heterocycles. The van der Waals surface area contributed by atoms with Crippen molar-refractivity contribution in [3.8, 4) is 11.1 Å². The number of aliphatic carboxylic acids is 1. The van der Waals surface area contributed by atoms with Crippen LogP contribution in [0.4, 0.5) is 4.79 Å². The van der Waals surface area contributed by atoms with Crippen LogP contribution < -0.4 is 10.6 Å². The van der Waals surface area contributed by atoms with E-state index in [0.29, 0.717) is 6.42 Å². The van der Waals surface area contributed by atoms with Crippen LogP contribution in [0.1, 0.15) is 23.5 Å². The standard InChI is InChI=1S/C24H26N2O7/c1-31-13-20(22(27)25-19-10-11-32-21(19)23(28)29)26-24(30)33-12-18-16-8-4-2-6-14(16)15-7-3-5-9-17(15)18/h2-9,18-21H,10-13H2,1H3,(H,25,27)(H,26,30)(H,28,29)/t19-,20?,21+/m0/s1. The average Bonchev–Trinajstić information content (AvgIpc) is 3.40. The third kappa shape index (κ3) is 4.84. The molecule has 1 aliphatic carbocycles. The van der Waals surface area contributed by atoms with Crippen LogP contribution in [0.2, 0.25) is 0 Å². The van der Waals surface area contributed by atoms with Crippen LogP contribution in [0.25, 0.3) is 11.1 Å². The fourth-order valence-electron chi connectivity index (χ4n) is 4.40. The predicted octanol–water partition coefficient (Wildman–Crippen LogP) is 1.90. The first kappa shape index (κ1) is 22.8. The monoisotopic (exact) mass is 454 g/mol. The smallest absolute Gasteiger partial charge is 0.407 e. The second-order valence-electron chi connectivity index (χ2n) is 8.01. The molecule has 2 aromatic rings. The maximum absolute atomic E-state index is 12.7. The molecule has 33 heavy (non-hydrogen) atoms. The highest BCUT2D eigenvalue weighted by atomic mass is 16.5. The Morgan fingerprint density at radius 3 is 2.33 bits per heavy atom. The first-order chi connectivity index (χ1) is 16.0. The van der Waals surface area contributed by atoms with Gasteiger partial charge in [-0.1, -0.05) is 48.5 Å². The normalized spacial score (nSPS) is 19.9. The number of carbonyl (C=O) groups excluding carboxylic acids is 2. The van der Waals surface area contributed by atoms with Crippen LogP contribution in [-0.2, 0) is 23.8 Å². The fraction of sp³-hybridized carbons (Fsp3) is 0.375. The number of fused-ring (bicyclic) bond motifs is 3. The molecule has 1 saturated heterocycles. The van der Waals surface area contributed by atoms with Crippen molar-refractivity contribution in [3.05, 3.63) is 59.7 Å². The van der Waals surface area contributed by atoms with Crippen molar-refractivity contribution in [1.29, 1.82) is 0 Å². The highest BCUT2D eigenvalue weighted by Crippen LogP contribution is 2.44. The van der Waals surface area contributed by atoms with Gasteiger partial charge in [0, 0.05) is 19.6 Å². The number of nitrogens with one attached hydrogen (secondary N) is 2. The summed E-state index contributed by atoms with van der Waals surface area (Å²) in [5, 5.41) is 14.4. The van der Waals surface area contributed by atoms with Gasteiger partial charge in [-0.2, -0.15) is 0 Å². The van der Waals surface area contributed by atoms with Crippen molar-refractivity contribution in [2.45, 2.75) is 30.5 Å². The molecular weight excluding hydrogens is 428 g/mol. The number of ether oxygens (including phenoxy) is 3. The van der Waals surface area contributed by atoms with Crippen LogP contribution in [0.3, 0.4) is 0 Å². The highest BCUT2D eigenvalue weighted by molar-refractivity contribution is 5.87. The molecule has 0 aromatic heterocycles. The Morgan fingerprint density at radius 1 is 1.09 bits per heavy atom. The summed E-state index contributed by atoms with van der Waals surface area (Å²) in [6.45, 7) is 0.247. The Balaban J connectivity index is 1.38. The SMILES string of the molecule is COCC(NC(=O)OCC1c2ccccc2-c2ccccc21)C(=O)N[C@H]1CCO[C@H]1C(=O)O. The molecule has 0 bridgehead atoms. The van der Waals surface area contributed by atoms with E-state index in [0.717, 1.165) is 22.3 Å². The molecular formula is C24H26N2O7. The summed E-state index contributed by atoms with van der Waals surface area (Å²) < 4.78 is 15.7. The van der Waals surface area contributed by atoms with Gasteiger partial charge in [0.05, 0.1) is 12.6 Å². The lowest BCUT2D eigenvalue weighted by atomic mass is 9.98. The van der Waals surface area contributed by atoms with E-state index in [4.69, 9.17) is 14.2 Å². The zero-order valence-corrected chi connectivity index (χ0v) is 18.2. The number of hydrogen-bond acceptors (Lipinski definition) is 6. The number of hydrogen-bond donors (Lipinski definition) is 3. The van der Waals surface area contributed by atoms with E-state index in [1.807, 2.05) is 48.5 Å². The fourth-order valence-corrected chi connectivity index (χ4v) is 4.40. The molecule has 0 spiro atoms. The summed E-state index contributed by atoms with van der Waals surface area (Å²) in [6.07, 6.45) is -1.51. The van der Waals surface area contributed by atoms with E-state index >= 15 is 0 Å². The Kier molecular flexibility index (Phi) is 6.90. The summed E-state index contributed by atoms with van der Waals surface area (Å²) in [5.41, 5.74) is 4.40. The molecule has 0 saturated carbocycles.